The van der Waals surface area contributed by atoms with E-state index in [0.717, 1.165) is 25.6 Å². The molecule has 10 nitrogen and oxygen atoms in total. The monoisotopic (exact) mass is 525 g/mol. The van der Waals surface area contributed by atoms with Gasteiger partial charge in [-0.15, -0.1) is 0 Å². The number of carboxylic acid groups (broad SMARTS) is 1. The lowest BCUT2D eigenvalue weighted by molar-refractivity contribution is -0.139. The lowest BCUT2D eigenvalue weighted by atomic mass is 10.1. The number of rotatable bonds is 8. The topological polar surface area (TPSA) is 145 Å². The zero-order valence-electron chi connectivity index (χ0n) is 19.3. The Hall–Kier alpha value is -4.51. The molecular weight excluding hydrogens is 505 g/mol. The van der Waals surface area contributed by atoms with Gasteiger partial charge in [0.25, 0.3) is 11.8 Å². The summed E-state index contributed by atoms with van der Waals surface area (Å²) >= 11 is 5.82. The number of amides is 2. The summed E-state index contributed by atoms with van der Waals surface area (Å²) in [6.45, 7) is 0.811. The molecule has 1 saturated heterocycles. The number of hydrogen-bond acceptors (Lipinski definition) is 6. The lowest BCUT2D eigenvalue weighted by Gasteiger charge is -2.33. The molecule has 4 rings (SSSR count). The van der Waals surface area contributed by atoms with E-state index in [1.165, 1.54) is 48.7 Å². The Kier molecular flexibility index (Phi) is 7.63. The number of anilines is 2. The van der Waals surface area contributed by atoms with Crippen LogP contribution in [0.3, 0.4) is 0 Å². The summed E-state index contributed by atoms with van der Waals surface area (Å²) in [5.74, 6) is -3.12. The molecule has 1 aliphatic heterocycles. The van der Waals surface area contributed by atoms with E-state index in [1.54, 1.807) is 4.90 Å². The number of ether oxygens (including phenoxy) is 1. The van der Waals surface area contributed by atoms with E-state index in [4.69, 9.17) is 26.9 Å². The number of halogens is 2. The van der Waals surface area contributed by atoms with E-state index in [1.807, 2.05) is 0 Å². The van der Waals surface area contributed by atoms with Crippen LogP contribution in [0.4, 0.5) is 15.9 Å². The van der Waals surface area contributed by atoms with E-state index in [2.05, 4.69) is 15.6 Å². The molecule has 0 unspecified atom stereocenters. The van der Waals surface area contributed by atoms with Crippen LogP contribution in [-0.2, 0) is 4.79 Å². The van der Waals surface area contributed by atoms with Crippen LogP contribution in [-0.4, -0.2) is 58.3 Å². The van der Waals surface area contributed by atoms with Crippen molar-refractivity contribution < 1.29 is 28.6 Å². The number of aromatic nitrogens is 1. The third-order valence-corrected chi connectivity index (χ3v) is 5.70. The summed E-state index contributed by atoms with van der Waals surface area (Å²) in [5.41, 5.74) is 0.0156. The summed E-state index contributed by atoms with van der Waals surface area (Å²) < 4.78 is 20.0. The van der Waals surface area contributed by atoms with Crippen LogP contribution in [0.25, 0.3) is 0 Å². The standard InChI is InChI=1S/C25H21ClFN5O5/c26-15-3-7-21(29-12-15)31-25(36)18-11-16(37-13-22(33)34)4-6-20(18)30-24(35)17-5-2-14(10-19(17)27)23(28)32-8-1-9-32/h2-7,10-12,28H,1,8-9,13H2,(H,30,35)(H,33,34)(H,29,31,36). The second kappa shape index (κ2) is 11.0. The van der Waals surface area contributed by atoms with Crippen molar-refractivity contribution >= 4 is 46.7 Å². The molecule has 12 heteroatoms. The molecule has 1 aromatic heterocycles. The van der Waals surface area contributed by atoms with Crippen LogP contribution >= 0.6 is 11.6 Å². The second-order valence-corrected chi connectivity index (χ2v) is 8.48. The van der Waals surface area contributed by atoms with Crippen molar-refractivity contribution in [3.8, 4) is 5.75 Å². The molecule has 2 aromatic carbocycles. The molecule has 1 aliphatic rings. The summed E-state index contributed by atoms with van der Waals surface area (Å²) in [5, 5.41) is 22.4. The molecule has 2 heterocycles. The number of amidine groups is 1. The number of pyridine rings is 1. The summed E-state index contributed by atoms with van der Waals surface area (Å²) in [6, 6.07) is 10.8. The molecule has 0 aliphatic carbocycles. The van der Waals surface area contributed by atoms with Crippen LogP contribution in [0.1, 0.15) is 32.7 Å². The van der Waals surface area contributed by atoms with Crippen LogP contribution in [0.5, 0.6) is 5.75 Å². The molecule has 37 heavy (non-hydrogen) atoms. The van der Waals surface area contributed by atoms with Crippen molar-refractivity contribution in [2.45, 2.75) is 6.42 Å². The zero-order valence-corrected chi connectivity index (χ0v) is 20.0. The largest absolute Gasteiger partial charge is 0.482 e. The Morgan fingerprint density at radius 2 is 1.81 bits per heavy atom. The molecule has 2 amide bonds. The van der Waals surface area contributed by atoms with Gasteiger partial charge >= 0.3 is 5.97 Å². The van der Waals surface area contributed by atoms with Gasteiger partial charge in [-0.2, -0.15) is 0 Å². The smallest absolute Gasteiger partial charge is 0.341 e. The molecule has 1 fully saturated rings. The summed E-state index contributed by atoms with van der Waals surface area (Å²) in [4.78, 5) is 42.5. The van der Waals surface area contributed by atoms with Crippen molar-refractivity contribution in [1.29, 1.82) is 5.41 Å². The highest BCUT2D eigenvalue weighted by atomic mass is 35.5. The zero-order chi connectivity index (χ0) is 26.5. The predicted octanol–water partition coefficient (Wildman–Crippen LogP) is 3.87. The Morgan fingerprint density at radius 3 is 2.43 bits per heavy atom. The van der Waals surface area contributed by atoms with Gasteiger partial charge < -0.3 is 25.4 Å². The van der Waals surface area contributed by atoms with Gasteiger partial charge in [0.05, 0.1) is 21.8 Å². The molecule has 0 saturated carbocycles. The number of nitrogens with zero attached hydrogens (tertiary/aromatic N) is 2. The van der Waals surface area contributed by atoms with Gasteiger partial charge in [0.15, 0.2) is 6.61 Å². The van der Waals surface area contributed by atoms with E-state index in [9.17, 15) is 18.8 Å². The van der Waals surface area contributed by atoms with Crippen LogP contribution in [0.15, 0.2) is 54.7 Å². The lowest BCUT2D eigenvalue weighted by Crippen LogP contribution is -2.42. The fraction of sp³-hybridized carbons (Fsp3) is 0.160. The number of nitrogens with one attached hydrogen (secondary N) is 3. The van der Waals surface area contributed by atoms with E-state index >= 15 is 0 Å². The van der Waals surface area contributed by atoms with Crippen molar-refractivity contribution in [1.82, 2.24) is 9.88 Å². The van der Waals surface area contributed by atoms with Crippen molar-refractivity contribution in [3.05, 3.63) is 82.3 Å². The van der Waals surface area contributed by atoms with Gasteiger partial charge in [0.2, 0.25) is 0 Å². The van der Waals surface area contributed by atoms with Crippen LogP contribution < -0.4 is 15.4 Å². The minimum atomic E-state index is -1.21. The SMILES string of the molecule is N=C(c1ccc(C(=O)Nc2ccc(OCC(=O)O)cc2C(=O)Nc2ccc(Cl)cn2)c(F)c1)N1CCC1. The second-order valence-electron chi connectivity index (χ2n) is 8.04. The van der Waals surface area contributed by atoms with Crippen molar-refractivity contribution in [2.24, 2.45) is 0 Å². The highest BCUT2D eigenvalue weighted by Crippen LogP contribution is 2.25. The number of hydrogen-bond donors (Lipinski definition) is 4. The van der Waals surface area contributed by atoms with Crippen LogP contribution in [0.2, 0.25) is 5.02 Å². The average molecular weight is 526 g/mol. The van der Waals surface area contributed by atoms with Gasteiger partial charge in [0, 0.05) is 24.8 Å². The number of carbonyl (C=O) groups is 3. The first-order valence-electron chi connectivity index (χ1n) is 11.1. The number of aliphatic carboxylic acids is 1. The maximum Gasteiger partial charge on any atom is 0.341 e. The summed E-state index contributed by atoms with van der Waals surface area (Å²) in [6.07, 6.45) is 2.30. The molecule has 0 spiro atoms. The Bertz CT molecular complexity index is 1380. The minimum Gasteiger partial charge on any atom is -0.482 e. The molecule has 3 aromatic rings. The van der Waals surface area contributed by atoms with Crippen molar-refractivity contribution in [3.63, 3.8) is 0 Å². The molecular formula is C25H21ClFN5O5. The predicted molar refractivity (Wildman–Crippen MR) is 134 cm³/mol. The van der Waals surface area contributed by atoms with E-state index in [0.29, 0.717) is 10.6 Å². The van der Waals surface area contributed by atoms with Crippen molar-refractivity contribution in [2.75, 3.05) is 30.3 Å². The quantitative estimate of drug-likeness (QED) is 0.258. The molecule has 190 valence electrons. The normalized spacial score (nSPS) is 12.3. The van der Waals surface area contributed by atoms with Gasteiger partial charge in [-0.25, -0.2) is 14.2 Å². The molecule has 0 atom stereocenters. The third kappa shape index (κ3) is 6.19. The Balaban J connectivity index is 1.57. The minimum absolute atomic E-state index is 0.0240. The fourth-order valence-electron chi connectivity index (χ4n) is 3.45. The number of benzene rings is 2. The first-order valence-corrected chi connectivity index (χ1v) is 11.5. The molecule has 0 radical (unpaired) electrons. The van der Waals surface area contributed by atoms with E-state index in [-0.39, 0.29) is 34.2 Å². The Labute approximate surface area is 215 Å². The average Bonchev–Trinajstić information content (AvgIpc) is 2.83. The first-order chi connectivity index (χ1) is 17.7. The van der Waals surface area contributed by atoms with Crippen LogP contribution in [0, 0.1) is 11.2 Å². The van der Waals surface area contributed by atoms with Gasteiger partial charge in [-0.1, -0.05) is 17.7 Å². The third-order valence-electron chi connectivity index (χ3n) is 5.47. The van der Waals surface area contributed by atoms with Gasteiger partial charge in [-0.3, -0.25) is 15.0 Å². The number of likely N-dealkylation sites (tertiary alicyclic amines) is 1. The fourth-order valence-corrected chi connectivity index (χ4v) is 3.56. The maximum atomic E-state index is 14.8. The molecule has 0 bridgehead atoms. The van der Waals surface area contributed by atoms with Gasteiger partial charge in [0.1, 0.15) is 23.2 Å². The Morgan fingerprint density at radius 1 is 1.05 bits per heavy atom. The number of carbonyl (C=O) groups excluding carboxylic acids is 2. The summed E-state index contributed by atoms with van der Waals surface area (Å²) in [7, 11) is 0. The maximum absolute atomic E-state index is 14.8. The highest BCUT2D eigenvalue weighted by molar-refractivity contribution is 6.30. The number of carboxylic acids is 1. The highest BCUT2D eigenvalue weighted by Gasteiger charge is 2.22. The first kappa shape index (κ1) is 25.6. The van der Waals surface area contributed by atoms with E-state index < -0.39 is 30.2 Å². The van der Waals surface area contributed by atoms with Gasteiger partial charge in [-0.05, 0) is 48.9 Å². The molecule has 4 N–H and O–H groups in total.